The molecule has 0 radical (unpaired) electrons. The molecule has 1 heterocycles. The molecule has 0 bridgehead atoms. The minimum absolute atomic E-state index is 0.251. The number of carbonyl (C=O) groups is 1. The number of hydrogen-bond acceptors (Lipinski definition) is 2. The molecule has 0 aliphatic carbocycles. The summed E-state index contributed by atoms with van der Waals surface area (Å²) >= 11 is 0. The molecule has 1 aromatic rings. The number of aromatic nitrogens is 1. The van der Waals surface area contributed by atoms with Gasteiger partial charge in [-0.05, 0) is 19.1 Å². The molecule has 0 N–H and O–H groups in total. The summed E-state index contributed by atoms with van der Waals surface area (Å²) in [7, 11) is 0. The molecule has 3 heteroatoms. The Balaban J connectivity index is 2.95. The summed E-state index contributed by atoms with van der Waals surface area (Å²) in [5, 5.41) is 0. The summed E-state index contributed by atoms with van der Waals surface area (Å²) in [5.41, 5.74) is 0.947. The smallest absolute Gasteiger partial charge is 0.144 e. The van der Waals surface area contributed by atoms with Crippen molar-refractivity contribution >= 4 is 6.29 Å². The first-order chi connectivity index (χ1) is 5.24. The third-order valence-corrected chi connectivity index (χ3v) is 1.37. The van der Waals surface area contributed by atoms with E-state index in [0.29, 0.717) is 11.4 Å². The molecular formula is C8H8FNO. The Hall–Kier alpha value is -1.25. The Morgan fingerprint density at radius 3 is 2.91 bits per heavy atom. The molecule has 0 saturated carbocycles. The molecule has 0 saturated heterocycles. The Kier molecular flexibility index (Phi) is 2.31. The monoisotopic (exact) mass is 153 g/mol. The maximum absolute atomic E-state index is 12.6. The number of rotatable bonds is 2. The van der Waals surface area contributed by atoms with Gasteiger partial charge in [-0.25, -0.2) is 4.39 Å². The molecule has 1 aromatic heterocycles. The van der Waals surface area contributed by atoms with Gasteiger partial charge < -0.3 is 4.79 Å². The van der Waals surface area contributed by atoms with Crippen molar-refractivity contribution in [2.24, 2.45) is 0 Å². The third kappa shape index (κ3) is 1.83. The van der Waals surface area contributed by atoms with Gasteiger partial charge in [0.05, 0.1) is 5.69 Å². The highest BCUT2D eigenvalue weighted by Crippen LogP contribution is 2.03. The second kappa shape index (κ2) is 3.23. The Bertz CT molecular complexity index is 273. The molecule has 0 fully saturated rings. The Morgan fingerprint density at radius 2 is 2.36 bits per heavy atom. The standard InChI is InChI=1S/C8H8FNO/c1-6-8(9)3-2-7(10-6)4-5-11/h2-3,5H,4H2,1H3. The van der Waals surface area contributed by atoms with Gasteiger partial charge in [0.2, 0.25) is 0 Å². The normalized spacial score (nSPS) is 9.64. The quantitative estimate of drug-likeness (QED) is 0.599. The average molecular weight is 153 g/mol. The predicted molar refractivity (Wildman–Crippen MR) is 38.7 cm³/mol. The van der Waals surface area contributed by atoms with Gasteiger partial charge in [-0.2, -0.15) is 0 Å². The lowest BCUT2D eigenvalue weighted by molar-refractivity contribution is -0.107. The molecule has 2 nitrogen and oxygen atoms in total. The first-order valence-corrected chi connectivity index (χ1v) is 3.29. The van der Waals surface area contributed by atoms with Crippen LogP contribution in [0.5, 0.6) is 0 Å². The molecule has 0 amide bonds. The van der Waals surface area contributed by atoms with Crippen LogP contribution in [0.2, 0.25) is 0 Å². The van der Waals surface area contributed by atoms with E-state index >= 15 is 0 Å². The number of aryl methyl sites for hydroxylation is 1. The van der Waals surface area contributed by atoms with Gasteiger partial charge in [0.25, 0.3) is 0 Å². The van der Waals surface area contributed by atoms with Gasteiger partial charge in [-0.3, -0.25) is 4.98 Å². The van der Waals surface area contributed by atoms with Crippen molar-refractivity contribution in [3.8, 4) is 0 Å². The SMILES string of the molecule is Cc1nc(CC=O)ccc1F. The molecule has 11 heavy (non-hydrogen) atoms. The fraction of sp³-hybridized carbons (Fsp3) is 0.250. The third-order valence-electron chi connectivity index (χ3n) is 1.37. The number of nitrogens with zero attached hydrogens (tertiary/aromatic N) is 1. The minimum atomic E-state index is -0.334. The van der Waals surface area contributed by atoms with Crippen molar-refractivity contribution in [3.63, 3.8) is 0 Å². The van der Waals surface area contributed by atoms with Gasteiger partial charge in [-0.1, -0.05) is 0 Å². The van der Waals surface area contributed by atoms with E-state index in [4.69, 9.17) is 0 Å². The molecular weight excluding hydrogens is 145 g/mol. The molecule has 0 spiro atoms. The first kappa shape index (κ1) is 7.85. The van der Waals surface area contributed by atoms with Crippen molar-refractivity contribution in [2.75, 3.05) is 0 Å². The topological polar surface area (TPSA) is 30.0 Å². The van der Waals surface area contributed by atoms with E-state index in [0.717, 1.165) is 6.29 Å². The fourth-order valence-electron chi connectivity index (χ4n) is 0.795. The number of carbonyl (C=O) groups excluding carboxylic acids is 1. The summed E-state index contributed by atoms with van der Waals surface area (Å²) in [4.78, 5) is 13.9. The van der Waals surface area contributed by atoms with Gasteiger partial charge in [0.15, 0.2) is 0 Å². The van der Waals surface area contributed by atoms with E-state index in [9.17, 15) is 9.18 Å². The van der Waals surface area contributed by atoms with E-state index < -0.39 is 0 Å². The zero-order valence-corrected chi connectivity index (χ0v) is 6.17. The van der Waals surface area contributed by atoms with Crippen molar-refractivity contribution in [1.82, 2.24) is 4.98 Å². The van der Waals surface area contributed by atoms with Crippen LogP contribution in [0.25, 0.3) is 0 Å². The zero-order valence-electron chi connectivity index (χ0n) is 6.17. The average Bonchev–Trinajstić information content (AvgIpc) is 1.98. The highest BCUT2D eigenvalue weighted by Gasteiger charge is 1.98. The lowest BCUT2D eigenvalue weighted by Crippen LogP contribution is -1.95. The van der Waals surface area contributed by atoms with E-state index in [1.165, 1.54) is 12.1 Å². The summed E-state index contributed by atoms with van der Waals surface area (Å²) in [6.45, 7) is 1.57. The maximum atomic E-state index is 12.6. The largest absolute Gasteiger partial charge is 0.303 e. The fourth-order valence-corrected chi connectivity index (χ4v) is 0.795. The van der Waals surface area contributed by atoms with Crippen molar-refractivity contribution in [1.29, 1.82) is 0 Å². The van der Waals surface area contributed by atoms with Gasteiger partial charge in [0, 0.05) is 12.1 Å². The molecule has 0 aromatic carbocycles. The van der Waals surface area contributed by atoms with Crippen LogP contribution in [0.1, 0.15) is 11.4 Å². The van der Waals surface area contributed by atoms with Crippen LogP contribution in [0, 0.1) is 12.7 Å². The van der Waals surface area contributed by atoms with Crippen LogP contribution in [0.4, 0.5) is 4.39 Å². The van der Waals surface area contributed by atoms with Crippen LogP contribution in [-0.4, -0.2) is 11.3 Å². The molecule has 1 rings (SSSR count). The van der Waals surface area contributed by atoms with E-state index in [1.54, 1.807) is 6.92 Å². The minimum Gasteiger partial charge on any atom is -0.303 e. The van der Waals surface area contributed by atoms with Crippen LogP contribution in [0.3, 0.4) is 0 Å². The number of aldehydes is 1. The number of hydrogen-bond donors (Lipinski definition) is 0. The lowest BCUT2D eigenvalue weighted by atomic mass is 10.2. The Morgan fingerprint density at radius 1 is 1.64 bits per heavy atom. The second-order valence-electron chi connectivity index (χ2n) is 2.24. The van der Waals surface area contributed by atoms with Crippen LogP contribution >= 0.6 is 0 Å². The highest BCUT2D eigenvalue weighted by molar-refractivity contribution is 5.53. The Labute approximate surface area is 64.1 Å². The lowest BCUT2D eigenvalue weighted by Gasteiger charge is -1.97. The second-order valence-corrected chi connectivity index (χ2v) is 2.24. The van der Waals surface area contributed by atoms with Crippen LogP contribution in [-0.2, 0) is 11.2 Å². The molecule has 0 atom stereocenters. The van der Waals surface area contributed by atoms with Crippen molar-refractivity contribution in [3.05, 3.63) is 29.3 Å². The summed E-state index contributed by atoms with van der Waals surface area (Å²) in [5.74, 6) is -0.334. The highest BCUT2D eigenvalue weighted by atomic mass is 19.1. The van der Waals surface area contributed by atoms with Crippen molar-refractivity contribution < 1.29 is 9.18 Å². The predicted octanol–water partition coefficient (Wildman–Crippen LogP) is 1.27. The molecule has 0 aliphatic heterocycles. The van der Waals surface area contributed by atoms with E-state index in [1.807, 2.05) is 0 Å². The maximum Gasteiger partial charge on any atom is 0.144 e. The molecule has 0 aliphatic rings. The first-order valence-electron chi connectivity index (χ1n) is 3.29. The summed E-state index contributed by atoms with van der Waals surface area (Å²) in [6, 6.07) is 2.83. The van der Waals surface area contributed by atoms with Crippen molar-refractivity contribution in [2.45, 2.75) is 13.3 Å². The molecule has 58 valence electrons. The van der Waals surface area contributed by atoms with Gasteiger partial charge >= 0.3 is 0 Å². The van der Waals surface area contributed by atoms with Gasteiger partial charge in [-0.15, -0.1) is 0 Å². The van der Waals surface area contributed by atoms with Crippen LogP contribution in [0.15, 0.2) is 12.1 Å². The van der Waals surface area contributed by atoms with E-state index in [2.05, 4.69) is 4.98 Å². The number of pyridine rings is 1. The number of halogens is 1. The van der Waals surface area contributed by atoms with E-state index in [-0.39, 0.29) is 12.2 Å². The summed E-state index contributed by atoms with van der Waals surface area (Å²) < 4.78 is 12.6. The molecule has 0 unspecified atom stereocenters. The van der Waals surface area contributed by atoms with Crippen LogP contribution < -0.4 is 0 Å². The summed E-state index contributed by atoms with van der Waals surface area (Å²) in [6.07, 6.45) is 1.00. The zero-order chi connectivity index (χ0) is 8.27. The van der Waals surface area contributed by atoms with Gasteiger partial charge in [0.1, 0.15) is 12.1 Å².